The van der Waals surface area contributed by atoms with Crippen LogP contribution in [0.2, 0.25) is 0 Å². The van der Waals surface area contributed by atoms with Gasteiger partial charge < -0.3 is 11.4 Å². The van der Waals surface area contributed by atoms with Gasteiger partial charge in [-0.2, -0.15) is 0 Å². The smallest absolute Gasteiger partial charge is 0.587 e. The highest BCUT2D eigenvalue weighted by molar-refractivity contribution is 6.39. The maximum atomic E-state index is 6.32. The van der Waals surface area contributed by atoms with Crippen LogP contribution in [0.25, 0.3) is 11.1 Å². The molecule has 2 aromatic rings. The fourth-order valence-electron chi connectivity index (χ4n) is 3.77. The van der Waals surface area contributed by atoms with Gasteiger partial charge in [-0.25, -0.2) is 0 Å². The zero-order valence-electron chi connectivity index (χ0n) is 16.8. The summed E-state index contributed by atoms with van der Waals surface area (Å²) in [5, 5.41) is 0. The first kappa shape index (κ1) is 18.3. The second-order valence-corrected chi connectivity index (χ2v) is 8.69. The van der Waals surface area contributed by atoms with Gasteiger partial charge in [0.2, 0.25) is 0 Å². The standard InChI is InChI=1S/C20H26O2.CH3O.Al/c1-9-11(3)15(7)19(21)17(13(9)5)18-14(6)10(2)12(4)16(8)20(18)22;1-2;/h21-22H,1-8H3;1H3;/q;-1;+3/p-2. The average molecular weight is 354 g/mol. The normalized spacial score (nSPS) is 12.9. The lowest BCUT2D eigenvalue weighted by molar-refractivity contribution is 0.249. The summed E-state index contributed by atoms with van der Waals surface area (Å²) in [5.74, 6) is 1.87. The van der Waals surface area contributed by atoms with Gasteiger partial charge in [-0.15, -0.1) is 0 Å². The van der Waals surface area contributed by atoms with Crippen LogP contribution in [0, 0.1) is 55.4 Å². The van der Waals surface area contributed by atoms with Gasteiger partial charge in [0.05, 0.1) is 11.5 Å². The Morgan fingerprint density at radius 3 is 1.16 bits per heavy atom. The summed E-state index contributed by atoms with van der Waals surface area (Å²) in [5.41, 5.74) is 12.4. The molecule has 3 nitrogen and oxygen atoms in total. The van der Waals surface area contributed by atoms with Crippen LogP contribution in [-0.4, -0.2) is 22.3 Å². The van der Waals surface area contributed by atoms with Crippen molar-refractivity contribution in [3.63, 3.8) is 0 Å². The van der Waals surface area contributed by atoms with Crippen LogP contribution in [0.5, 0.6) is 11.5 Å². The van der Waals surface area contributed by atoms with Gasteiger partial charge in [0.25, 0.3) is 0 Å². The number of hydrogen-bond donors (Lipinski definition) is 0. The fraction of sp³-hybridized carbons (Fsp3) is 0.429. The summed E-state index contributed by atoms with van der Waals surface area (Å²) >= 11 is -2.29. The molecule has 4 heteroatoms. The van der Waals surface area contributed by atoms with Crippen LogP contribution in [-0.2, 0) is 3.79 Å². The largest absolute Gasteiger partial charge is 1.10 e. The molecule has 132 valence electrons. The van der Waals surface area contributed by atoms with Crippen molar-refractivity contribution in [1.82, 2.24) is 0 Å². The van der Waals surface area contributed by atoms with E-state index in [-0.39, 0.29) is 0 Å². The Morgan fingerprint density at radius 1 is 0.520 bits per heavy atom. The Labute approximate surface area is 156 Å². The topological polar surface area (TPSA) is 27.7 Å². The number of rotatable bonds is 1. The van der Waals surface area contributed by atoms with Gasteiger partial charge >= 0.3 is 15.1 Å². The van der Waals surface area contributed by atoms with Crippen LogP contribution >= 0.6 is 0 Å². The summed E-state index contributed by atoms with van der Waals surface area (Å²) in [4.78, 5) is 0. The van der Waals surface area contributed by atoms with Crippen molar-refractivity contribution >= 4 is 15.1 Å². The van der Waals surface area contributed by atoms with Crippen molar-refractivity contribution in [3.05, 3.63) is 44.5 Å². The van der Waals surface area contributed by atoms with E-state index in [1.54, 1.807) is 7.11 Å². The summed E-state index contributed by atoms with van der Waals surface area (Å²) in [6, 6.07) is 0. The van der Waals surface area contributed by atoms with Crippen molar-refractivity contribution in [2.75, 3.05) is 7.11 Å². The second kappa shape index (κ2) is 6.36. The molecular weight excluding hydrogens is 327 g/mol. The molecule has 1 aliphatic rings. The van der Waals surface area contributed by atoms with E-state index in [9.17, 15) is 0 Å². The van der Waals surface area contributed by atoms with Gasteiger partial charge in [0.1, 0.15) is 0 Å². The zero-order chi connectivity index (χ0) is 18.6. The third-order valence-corrected chi connectivity index (χ3v) is 7.37. The predicted molar refractivity (Wildman–Crippen MR) is 104 cm³/mol. The zero-order valence-corrected chi connectivity index (χ0v) is 18.0. The highest BCUT2D eigenvalue weighted by Gasteiger charge is 2.44. The fourth-order valence-corrected chi connectivity index (χ4v) is 4.98. The van der Waals surface area contributed by atoms with E-state index in [0.717, 1.165) is 11.5 Å². The third-order valence-electron chi connectivity index (χ3n) is 6.13. The SMILES string of the molecule is C[O][Al]1[O]c2c(C)c(C)c(C)c(C)c2-c2c(C)c(C)c(C)c(C)c2[O]1. The van der Waals surface area contributed by atoms with Crippen LogP contribution in [0.1, 0.15) is 44.5 Å². The lowest BCUT2D eigenvalue weighted by Gasteiger charge is -2.23. The minimum absolute atomic E-state index is 0.934. The Hall–Kier alpha value is -1.47. The highest BCUT2D eigenvalue weighted by atomic mass is 27.3. The molecule has 0 bridgehead atoms. The van der Waals surface area contributed by atoms with Crippen molar-refractivity contribution in [2.45, 2.75) is 55.4 Å². The molecule has 2 aromatic carbocycles. The summed E-state index contributed by atoms with van der Waals surface area (Å²) in [6.07, 6.45) is 0. The van der Waals surface area contributed by atoms with Gasteiger partial charge in [0.15, 0.2) is 0 Å². The van der Waals surface area contributed by atoms with Crippen molar-refractivity contribution in [2.24, 2.45) is 0 Å². The van der Waals surface area contributed by atoms with Crippen LogP contribution < -0.4 is 7.58 Å². The van der Waals surface area contributed by atoms with E-state index in [2.05, 4.69) is 55.4 Å². The van der Waals surface area contributed by atoms with Crippen molar-refractivity contribution < 1.29 is 11.4 Å². The predicted octanol–water partition coefficient (Wildman–Crippen LogP) is 5.22. The van der Waals surface area contributed by atoms with Crippen LogP contribution in [0.15, 0.2) is 0 Å². The van der Waals surface area contributed by atoms with E-state index < -0.39 is 15.1 Å². The quantitative estimate of drug-likeness (QED) is 0.657. The molecule has 0 radical (unpaired) electrons. The molecular formula is C21H27AlO3. The van der Waals surface area contributed by atoms with Gasteiger partial charge in [-0.3, -0.25) is 0 Å². The summed E-state index contributed by atoms with van der Waals surface area (Å²) in [6.45, 7) is 17.4. The molecule has 0 unspecified atom stereocenters. The third kappa shape index (κ3) is 2.59. The molecule has 1 aliphatic heterocycles. The lowest BCUT2D eigenvalue weighted by Crippen LogP contribution is -2.32. The van der Waals surface area contributed by atoms with E-state index in [4.69, 9.17) is 11.4 Å². The average Bonchev–Trinajstić information content (AvgIpc) is 2.78. The minimum Gasteiger partial charge on any atom is -0.587 e. The second-order valence-electron chi connectivity index (χ2n) is 7.17. The molecule has 1 heterocycles. The molecule has 0 spiro atoms. The summed E-state index contributed by atoms with van der Waals surface area (Å²) in [7, 11) is 1.67. The summed E-state index contributed by atoms with van der Waals surface area (Å²) < 4.78 is 18.2. The molecule has 0 saturated carbocycles. The monoisotopic (exact) mass is 354 g/mol. The first-order valence-electron chi connectivity index (χ1n) is 8.77. The molecule has 0 aromatic heterocycles. The first-order chi connectivity index (χ1) is 11.7. The van der Waals surface area contributed by atoms with E-state index in [1.807, 2.05) is 0 Å². The van der Waals surface area contributed by atoms with Crippen LogP contribution in [0.4, 0.5) is 0 Å². The van der Waals surface area contributed by atoms with Gasteiger partial charge in [-0.1, -0.05) is 0 Å². The molecule has 0 amide bonds. The maximum Gasteiger partial charge on any atom is 1.10 e. The molecule has 25 heavy (non-hydrogen) atoms. The first-order valence-corrected chi connectivity index (χ1v) is 10.2. The molecule has 0 N–H and O–H groups in total. The Morgan fingerprint density at radius 2 is 0.840 bits per heavy atom. The maximum absolute atomic E-state index is 6.32. The van der Waals surface area contributed by atoms with Crippen molar-refractivity contribution in [1.29, 1.82) is 0 Å². The molecule has 0 aliphatic carbocycles. The number of hydrogen-bond acceptors (Lipinski definition) is 3. The van der Waals surface area contributed by atoms with E-state index in [0.29, 0.717) is 0 Å². The molecule has 0 saturated heterocycles. The number of benzene rings is 2. The molecule has 3 rings (SSSR count). The Kier molecular flexibility index (Phi) is 4.66. The Balaban J connectivity index is 2.53. The van der Waals surface area contributed by atoms with E-state index in [1.165, 1.54) is 55.6 Å². The van der Waals surface area contributed by atoms with Gasteiger partial charge in [0, 0.05) is 18.2 Å². The van der Waals surface area contributed by atoms with Gasteiger partial charge in [-0.05, 0) is 99.9 Å². The minimum atomic E-state index is -2.29. The lowest BCUT2D eigenvalue weighted by atomic mass is 9.84. The number of fused-ring (bicyclic) bond motifs is 3. The van der Waals surface area contributed by atoms with E-state index >= 15 is 0 Å². The highest BCUT2D eigenvalue weighted by Crippen LogP contribution is 2.49. The molecule has 0 fully saturated rings. The Bertz CT molecular complexity index is 813. The molecule has 0 atom stereocenters. The van der Waals surface area contributed by atoms with Crippen LogP contribution in [0.3, 0.4) is 0 Å². The van der Waals surface area contributed by atoms with Crippen molar-refractivity contribution in [3.8, 4) is 22.6 Å².